The van der Waals surface area contributed by atoms with Crippen LogP contribution in [0.5, 0.6) is 0 Å². The van der Waals surface area contributed by atoms with Crippen LogP contribution in [0.1, 0.15) is 43.2 Å². The lowest BCUT2D eigenvalue weighted by molar-refractivity contribution is 0.353. The van der Waals surface area contributed by atoms with Gasteiger partial charge in [-0.3, -0.25) is 0 Å². The lowest BCUT2D eigenvalue weighted by atomic mass is 9.67. The van der Waals surface area contributed by atoms with Gasteiger partial charge in [-0.1, -0.05) is 153 Å². The van der Waals surface area contributed by atoms with Crippen molar-refractivity contribution in [2.75, 3.05) is 0 Å². The summed E-state index contributed by atoms with van der Waals surface area (Å²) in [6, 6.07) is 56.9. The van der Waals surface area contributed by atoms with Gasteiger partial charge in [-0.25, -0.2) is 9.97 Å². The molecule has 1 fully saturated rings. The summed E-state index contributed by atoms with van der Waals surface area (Å²) in [5.41, 5.74) is 16.0. The minimum atomic E-state index is 0.154. The molecule has 0 bridgehead atoms. The molecular weight excluding hydrogens is 581 g/mol. The summed E-state index contributed by atoms with van der Waals surface area (Å²) < 4.78 is 0. The zero-order chi connectivity index (χ0) is 31.9. The molecule has 2 aliphatic rings. The van der Waals surface area contributed by atoms with Gasteiger partial charge in [0.15, 0.2) is 5.82 Å². The standard InChI is InChI=1S/C46H36N2/c1-4-14-32(15-5-1)43-31-44(48-45(47-43)33-16-6-2-7-17-33)38-21-13-20-36(29-38)34-18-12-19-35(28-34)37-24-25-40-39-22-8-9-23-41(39)46(42(40)30-37)26-10-3-11-27-46/h1-2,4-9,12-25,28-31H,3,10-11,26-27H2. The van der Waals surface area contributed by atoms with Gasteiger partial charge in [-0.05, 0) is 81.6 Å². The van der Waals surface area contributed by atoms with Crippen molar-refractivity contribution >= 4 is 0 Å². The highest BCUT2D eigenvalue weighted by atomic mass is 14.9. The minimum Gasteiger partial charge on any atom is -0.228 e. The zero-order valence-corrected chi connectivity index (χ0v) is 26.9. The molecule has 0 amide bonds. The maximum atomic E-state index is 5.08. The van der Waals surface area contributed by atoms with Gasteiger partial charge in [-0.2, -0.15) is 0 Å². The molecule has 7 aromatic rings. The Morgan fingerprint density at radius 1 is 0.354 bits per heavy atom. The van der Waals surface area contributed by atoms with Crippen molar-refractivity contribution in [3.05, 3.63) is 169 Å². The maximum absolute atomic E-state index is 5.08. The van der Waals surface area contributed by atoms with Crippen LogP contribution < -0.4 is 0 Å². The van der Waals surface area contributed by atoms with E-state index in [9.17, 15) is 0 Å². The third-order valence-electron chi connectivity index (χ3n) is 10.5. The van der Waals surface area contributed by atoms with Crippen LogP contribution in [0.4, 0.5) is 0 Å². The Kier molecular flexibility index (Phi) is 7.08. The fraction of sp³-hybridized carbons (Fsp3) is 0.130. The number of rotatable bonds is 5. The largest absolute Gasteiger partial charge is 0.228 e. The van der Waals surface area contributed by atoms with Gasteiger partial charge >= 0.3 is 0 Å². The number of hydrogen-bond donors (Lipinski definition) is 0. The van der Waals surface area contributed by atoms with Gasteiger partial charge in [0.25, 0.3) is 0 Å². The molecule has 48 heavy (non-hydrogen) atoms. The summed E-state index contributed by atoms with van der Waals surface area (Å²) in [6.07, 6.45) is 6.44. The van der Waals surface area contributed by atoms with Crippen LogP contribution in [0, 0.1) is 0 Å². The fourth-order valence-corrected chi connectivity index (χ4v) is 8.13. The van der Waals surface area contributed by atoms with E-state index in [-0.39, 0.29) is 5.41 Å². The first-order valence-corrected chi connectivity index (χ1v) is 17.2. The van der Waals surface area contributed by atoms with Crippen molar-refractivity contribution in [2.24, 2.45) is 0 Å². The second-order valence-corrected chi connectivity index (χ2v) is 13.3. The van der Waals surface area contributed by atoms with Gasteiger partial charge < -0.3 is 0 Å². The molecule has 0 aliphatic heterocycles. The summed E-state index contributed by atoms with van der Waals surface area (Å²) in [6.45, 7) is 0. The highest BCUT2D eigenvalue weighted by Gasteiger charge is 2.43. The van der Waals surface area contributed by atoms with E-state index in [1.54, 1.807) is 0 Å². The van der Waals surface area contributed by atoms with Crippen LogP contribution >= 0.6 is 0 Å². The fourth-order valence-electron chi connectivity index (χ4n) is 8.13. The van der Waals surface area contributed by atoms with Crippen molar-refractivity contribution < 1.29 is 0 Å². The Morgan fingerprint density at radius 2 is 0.875 bits per heavy atom. The molecule has 2 heteroatoms. The molecule has 2 nitrogen and oxygen atoms in total. The monoisotopic (exact) mass is 616 g/mol. The molecule has 1 saturated carbocycles. The number of nitrogens with zero attached hydrogens (tertiary/aromatic N) is 2. The molecule has 1 spiro atoms. The summed E-state index contributed by atoms with van der Waals surface area (Å²) in [5, 5.41) is 0. The van der Waals surface area contributed by atoms with Gasteiger partial charge in [-0.15, -0.1) is 0 Å². The van der Waals surface area contributed by atoms with Gasteiger partial charge in [0.1, 0.15) is 0 Å². The third kappa shape index (κ3) is 4.96. The number of benzene rings is 6. The molecule has 6 aromatic carbocycles. The number of aromatic nitrogens is 2. The summed E-state index contributed by atoms with van der Waals surface area (Å²) >= 11 is 0. The van der Waals surface area contributed by atoms with E-state index in [1.165, 1.54) is 76.6 Å². The normalized spacial score (nSPS) is 14.4. The lowest BCUT2D eigenvalue weighted by Gasteiger charge is -2.36. The van der Waals surface area contributed by atoms with E-state index >= 15 is 0 Å². The predicted molar refractivity (Wildman–Crippen MR) is 199 cm³/mol. The first-order valence-electron chi connectivity index (χ1n) is 17.2. The van der Waals surface area contributed by atoms with Crippen LogP contribution in [-0.4, -0.2) is 9.97 Å². The van der Waals surface area contributed by atoms with E-state index in [0.717, 1.165) is 33.9 Å². The summed E-state index contributed by atoms with van der Waals surface area (Å²) in [7, 11) is 0. The van der Waals surface area contributed by atoms with Crippen LogP contribution in [0.15, 0.2) is 158 Å². The third-order valence-corrected chi connectivity index (χ3v) is 10.5. The highest BCUT2D eigenvalue weighted by molar-refractivity contribution is 5.85. The van der Waals surface area contributed by atoms with E-state index < -0.39 is 0 Å². The topological polar surface area (TPSA) is 25.8 Å². The zero-order valence-electron chi connectivity index (χ0n) is 26.9. The molecular formula is C46H36N2. The van der Waals surface area contributed by atoms with Crippen molar-refractivity contribution in [3.8, 4) is 67.3 Å². The molecule has 230 valence electrons. The van der Waals surface area contributed by atoms with Crippen molar-refractivity contribution in [2.45, 2.75) is 37.5 Å². The molecule has 0 N–H and O–H groups in total. The molecule has 0 radical (unpaired) electrons. The molecule has 1 heterocycles. The minimum absolute atomic E-state index is 0.154. The SMILES string of the molecule is c1ccc(-c2cc(-c3cccc(-c4cccc(-c5ccc6c(c5)C5(CCCCC5)c5ccccc5-6)c4)c3)nc(-c3ccccc3)n2)cc1. The van der Waals surface area contributed by atoms with Gasteiger partial charge in [0, 0.05) is 22.1 Å². The second-order valence-electron chi connectivity index (χ2n) is 13.3. The van der Waals surface area contributed by atoms with Gasteiger partial charge in [0.2, 0.25) is 0 Å². The molecule has 0 atom stereocenters. The van der Waals surface area contributed by atoms with Crippen molar-refractivity contribution in [3.63, 3.8) is 0 Å². The van der Waals surface area contributed by atoms with E-state index in [2.05, 4.69) is 133 Å². The average molecular weight is 617 g/mol. The summed E-state index contributed by atoms with van der Waals surface area (Å²) in [4.78, 5) is 10.1. The second kappa shape index (κ2) is 11.9. The van der Waals surface area contributed by atoms with Crippen LogP contribution in [0.3, 0.4) is 0 Å². The highest BCUT2D eigenvalue weighted by Crippen LogP contribution is 2.56. The first kappa shape index (κ1) is 28.6. The molecule has 9 rings (SSSR count). The Balaban J connectivity index is 1.10. The number of hydrogen-bond acceptors (Lipinski definition) is 2. The Morgan fingerprint density at radius 3 is 1.58 bits per heavy atom. The Hall–Kier alpha value is -5.60. The quantitative estimate of drug-likeness (QED) is 0.192. The van der Waals surface area contributed by atoms with E-state index in [4.69, 9.17) is 9.97 Å². The summed E-state index contributed by atoms with van der Waals surface area (Å²) in [5.74, 6) is 0.730. The van der Waals surface area contributed by atoms with Gasteiger partial charge in [0.05, 0.1) is 11.4 Å². The average Bonchev–Trinajstić information content (AvgIpc) is 3.43. The molecule has 0 unspecified atom stereocenters. The molecule has 2 aliphatic carbocycles. The predicted octanol–water partition coefficient (Wildman–Crippen LogP) is 12.0. The van der Waals surface area contributed by atoms with Crippen molar-refractivity contribution in [1.29, 1.82) is 0 Å². The number of fused-ring (bicyclic) bond motifs is 5. The van der Waals surface area contributed by atoms with Crippen molar-refractivity contribution in [1.82, 2.24) is 9.97 Å². The first-order chi connectivity index (χ1) is 23.7. The molecule has 0 saturated heterocycles. The van der Waals surface area contributed by atoms with E-state index in [0.29, 0.717) is 0 Å². The lowest BCUT2D eigenvalue weighted by Crippen LogP contribution is -2.28. The van der Waals surface area contributed by atoms with Crippen LogP contribution in [-0.2, 0) is 5.41 Å². The smallest absolute Gasteiger partial charge is 0.160 e. The van der Waals surface area contributed by atoms with Crippen LogP contribution in [0.25, 0.3) is 67.3 Å². The maximum Gasteiger partial charge on any atom is 0.160 e. The Bertz CT molecular complexity index is 2200. The Labute approximate surface area is 282 Å². The van der Waals surface area contributed by atoms with E-state index in [1.807, 2.05) is 24.3 Å². The molecule has 1 aromatic heterocycles. The van der Waals surface area contributed by atoms with Crippen LogP contribution in [0.2, 0.25) is 0 Å².